The van der Waals surface area contributed by atoms with Crippen molar-refractivity contribution in [2.45, 2.75) is 50.8 Å². The average Bonchev–Trinajstić information content (AvgIpc) is 2.90. The maximum absolute atomic E-state index is 12.3. The zero-order valence-corrected chi connectivity index (χ0v) is 13.2. The predicted molar refractivity (Wildman–Crippen MR) is 81.5 cm³/mol. The van der Waals surface area contributed by atoms with E-state index in [1.807, 2.05) is 6.92 Å². The molecule has 1 aliphatic carbocycles. The van der Waals surface area contributed by atoms with E-state index in [0.717, 1.165) is 25.0 Å². The van der Waals surface area contributed by atoms with Gasteiger partial charge in [0.1, 0.15) is 6.04 Å². The highest BCUT2D eigenvalue weighted by atomic mass is 32.2. The number of nitrogens with two attached hydrogens (primary N) is 1. The van der Waals surface area contributed by atoms with E-state index in [-0.39, 0.29) is 11.7 Å². The molecule has 20 heavy (non-hydrogen) atoms. The zero-order valence-electron chi connectivity index (χ0n) is 12.4. The molecule has 0 aliphatic heterocycles. The van der Waals surface area contributed by atoms with Crippen LogP contribution < -0.4 is 5.73 Å². The van der Waals surface area contributed by atoms with Crippen molar-refractivity contribution < 1.29 is 14.7 Å². The summed E-state index contributed by atoms with van der Waals surface area (Å²) in [6.07, 6.45) is 5.19. The normalized spacial score (nSPS) is 16.7. The number of hydrogen-bond donors (Lipinski definition) is 2. The number of thioether (sulfide) groups is 1. The summed E-state index contributed by atoms with van der Waals surface area (Å²) >= 11 is 1.30. The van der Waals surface area contributed by atoms with Crippen molar-refractivity contribution in [2.75, 3.05) is 12.3 Å². The van der Waals surface area contributed by atoms with E-state index in [1.165, 1.54) is 11.8 Å². The van der Waals surface area contributed by atoms with E-state index in [9.17, 15) is 9.59 Å². The third kappa shape index (κ3) is 4.24. The molecule has 5 nitrogen and oxygen atoms in total. The Morgan fingerprint density at radius 1 is 1.55 bits per heavy atom. The van der Waals surface area contributed by atoms with Gasteiger partial charge in [0, 0.05) is 17.0 Å². The van der Waals surface area contributed by atoms with Crippen LogP contribution in [0, 0.1) is 0 Å². The van der Waals surface area contributed by atoms with Gasteiger partial charge < -0.3 is 15.7 Å². The van der Waals surface area contributed by atoms with Crippen LogP contribution >= 0.6 is 11.8 Å². The quantitative estimate of drug-likeness (QED) is 0.749. The molecule has 1 aliphatic rings. The number of allylic oxidation sites excluding steroid dienone is 2. The molecule has 6 heteroatoms. The minimum absolute atomic E-state index is 0.0244. The molecule has 0 heterocycles. The molecule has 0 aromatic rings. The molecule has 0 spiro atoms. The van der Waals surface area contributed by atoms with E-state index < -0.39 is 16.8 Å². The lowest BCUT2D eigenvalue weighted by Gasteiger charge is -2.29. The maximum atomic E-state index is 12.3. The Hall–Kier alpha value is -1.01. The summed E-state index contributed by atoms with van der Waals surface area (Å²) in [6, 6.07) is -0.985. The fourth-order valence-electron chi connectivity index (χ4n) is 2.15. The molecule has 0 bridgehead atoms. The fraction of sp³-hybridized carbons (Fsp3) is 0.714. The largest absolute Gasteiger partial charge is 0.480 e. The Morgan fingerprint density at radius 2 is 2.20 bits per heavy atom. The molecule has 1 atom stereocenters. The van der Waals surface area contributed by atoms with Gasteiger partial charge in [-0.05, 0) is 40.0 Å². The van der Waals surface area contributed by atoms with Gasteiger partial charge in [-0.1, -0.05) is 6.08 Å². The monoisotopic (exact) mass is 300 g/mol. The minimum Gasteiger partial charge on any atom is -0.480 e. The molecule has 1 amide bonds. The van der Waals surface area contributed by atoms with E-state index >= 15 is 0 Å². The molecular weight excluding hydrogens is 276 g/mol. The molecule has 0 radical (unpaired) electrons. The smallest absolute Gasteiger partial charge is 0.321 e. The van der Waals surface area contributed by atoms with Crippen LogP contribution in [0.15, 0.2) is 11.8 Å². The topological polar surface area (TPSA) is 83.6 Å². The van der Waals surface area contributed by atoms with Crippen LogP contribution in [0.5, 0.6) is 0 Å². The average molecular weight is 300 g/mol. The summed E-state index contributed by atoms with van der Waals surface area (Å²) in [4.78, 5) is 25.0. The summed E-state index contributed by atoms with van der Waals surface area (Å²) in [5.74, 6) is -0.767. The van der Waals surface area contributed by atoms with Crippen molar-refractivity contribution in [1.82, 2.24) is 4.90 Å². The molecule has 3 N–H and O–H groups in total. The van der Waals surface area contributed by atoms with Crippen LogP contribution in [0.2, 0.25) is 0 Å². The minimum atomic E-state index is -1.04. The van der Waals surface area contributed by atoms with Crippen LogP contribution in [-0.2, 0) is 9.59 Å². The number of aliphatic carboxylic acids is 1. The summed E-state index contributed by atoms with van der Waals surface area (Å²) in [5, 5.41) is 8.97. The standard InChI is InChI=1S/C14H24N2O3S/c1-4-16(10-7-5-6-8-10)11(17)9-20-14(2,3)12(15)13(18)19/h7,12H,4-6,8-9,15H2,1-3H3,(H,18,19)/t12-/m0/s1. The lowest BCUT2D eigenvalue weighted by Crippen LogP contribution is -2.47. The van der Waals surface area contributed by atoms with Crippen molar-refractivity contribution in [1.29, 1.82) is 0 Å². The highest BCUT2D eigenvalue weighted by molar-refractivity contribution is 8.01. The first-order valence-electron chi connectivity index (χ1n) is 6.91. The van der Waals surface area contributed by atoms with E-state index in [0.29, 0.717) is 6.54 Å². The number of rotatable bonds is 7. The van der Waals surface area contributed by atoms with Crippen molar-refractivity contribution in [3.05, 3.63) is 11.8 Å². The van der Waals surface area contributed by atoms with Gasteiger partial charge in [0.2, 0.25) is 5.91 Å². The Morgan fingerprint density at radius 3 is 2.65 bits per heavy atom. The van der Waals surface area contributed by atoms with E-state index in [2.05, 4.69) is 6.08 Å². The molecule has 1 rings (SSSR count). The van der Waals surface area contributed by atoms with Crippen LogP contribution in [0.3, 0.4) is 0 Å². The number of carbonyl (C=O) groups is 2. The number of amides is 1. The van der Waals surface area contributed by atoms with Crippen LogP contribution in [0.1, 0.15) is 40.0 Å². The molecule has 0 fully saturated rings. The number of hydrogen-bond acceptors (Lipinski definition) is 4. The number of carboxylic acid groups (broad SMARTS) is 1. The molecule has 114 valence electrons. The summed E-state index contributed by atoms with van der Waals surface area (Å²) < 4.78 is -0.676. The second-order valence-electron chi connectivity index (χ2n) is 5.43. The van der Waals surface area contributed by atoms with Gasteiger partial charge in [0.05, 0.1) is 5.75 Å². The summed E-state index contributed by atoms with van der Waals surface area (Å²) in [5.41, 5.74) is 6.75. The Kier molecular flexibility index (Phi) is 6.07. The first kappa shape index (κ1) is 17.0. The van der Waals surface area contributed by atoms with Crippen molar-refractivity contribution in [3.63, 3.8) is 0 Å². The van der Waals surface area contributed by atoms with E-state index in [1.54, 1.807) is 18.7 Å². The third-order valence-electron chi connectivity index (χ3n) is 3.56. The second-order valence-corrected chi connectivity index (χ2v) is 7.06. The highest BCUT2D eigenvalue weighted by Gasteiger charge is 2.33. The van der Waals surface area contributed by atoms with Crippen molar-refractivity contribution in [3.8, 4) is 0 Å². The fourth-order valence-corrected chi connectivity index (χ4v) is 3.08. The number of carbonyl (C=O) groups excluding carboxylic acids is 1. The van der Waals surface area contributed by atoms with Crippen molar-refractivity contribution >= 4 is 23.6 Å². The second kappa shape index (κ2) is 7.13. The lowest BCUT2D eigenvalue weighted by atomic mass is 10.1. The maximum Gasteiger partial charge on any atom is 0.321 e. The first-order valence-corrected chi connectivity index (χ1v) is 7.90. The SMILES string of the molecule is CCN(C(=O)CSC(C)(C)[C@@H](N)C(=O)O)C1=CCCC1. The van der Waals surface area contributed by atoms with Gasteiger partial charge in [-0.15, -0.1) is 11.8 Å². The molecule has 0 aromatic carbocycles. The van der Waals surface area contributed by atoms with Crippen LogP contribution in [-0.4, -0.2) is 45.0 Å². The first-order chi connectivity index (χ1) is 9.29. The molecule has 0 aromatic heterocycles. The van der Waals surface area contributed by atoms with Crippen LogP contribution in [0.4, 0.5) is 0 Å². The zero-order chi connectivity index (χ0) is 15.3. The Labute approximate surface area is 124 Å². The molecule has 0 unspecified atom stereocenters. The summed E-state index contributed by atoms with van der Waals surface area (Å²) in [7, 11) is 0. The summed E-state index contributed by atoms with van der Waals surface area (Å²) in [6.45, 7) is 6.12. The molecular formula is C14H24N2O3S. The number of nitrogens with zero attached hydrogens (tertiary/aromatic N) is 1. The number of carboxylic acids is 1. The highest BCUT2D eigenvalue weighted by Crippen LogP contribution is 2.29. The predicted octanol–water partition coefficient (Wildman–Crippen LogP) is 1.83. The van der Waals surface area contributed by atoms with Crippen LogP contribution in [0.25, 0.3) is 0 Å². The van der Waals surface area contributed by atoms with Crippen molar-refractivity contribution in [2.24, 2.45) is 5.73 Å². The van der Waals surface area contributed by atoms with Gasteiger partial charge in [0.15, 0.2) is 0 Å². The van der Waals surface area contributed by atoms with Gasteiger partial charge >= 0.3 is 5.97 Å². The van der Waals surface area contributed by atoms with E-state index in [4.69, 9.17) is 10.8 Å². The molecule has 0 saturated carbocycles. The van der Waals surface area contributed by atoms with Gasteiger partial charge in [-0.2, -0.15) is 0 Å². The Balaban J connectivity index is 2.59. The van der Waals surface area contributed by atoms with Gasteiger partial charge in [0.25, 0.3) is 0 Å². The van der Waals surface area contributed by atoms with Gasteiger partial charge in [-0.3, -0.25) is 9.59 Å². The van der Waals surface area contributed by atoms with Gasteiger partial charge in [-0.25, -0.2) is 0 Å². The Bertz CT molecular complexity index is 407. The lowest BCUT2D eigenvalue weighted by molar-refractivity contribution is -0.139. The molecule has 0 saturated heterocycles. The third-order valence-corrected chi connectivity index (χ3v) is 4.95.